The summed E-state index contributed by atoms with van der Waals surface area (Å²) in [6, 6.07) is 8.09. The van der Waals surface area contributed by atoms with Crippen LogP contribution in [0.15, 0.2) is 24.3 Å². The summed E-state index contributed by atoms with van der Waals surface area (Å²) < 4.78 is 0. The van der Waals surface area contributed by atoms with Crippen LogP contribution in [-0.4, -0.2) is 47.0 Å². The fourth-order valence-corrected chi connectivity index (χ4v) is 6.50. The molecule has 1 aliphatic heterocycles. The van der Waals surface area contributed by atoms with Crippen LogP contribution in [0, 0.1) is 0 Å². The van der Waals surface area contributed by atoms with E-state index < -0.39 is 0 Å². The molecule has 5 nitrogen and oxygen atoms in total. The number of carbonyl (C=O) groups is 1. The minimum atomic E-state index is 0.142. The van der Waals surface area contributed by atoms with E-state index in [9.17, 15) is 4.79 Å². The molecule has 34 heavy (non-hydrogen) atoms. The van der Waals surface area contributed by atoms with Crippen molar-refractivity contribution in [3.05, 3.63) is 51.7 Å². The number of hydrogen-bond acceptors (Lipinski definition) is 5. The number of thiophene rings is 1. The number of hydrogen-bond donors (Lipinski definition) is 0. The van der Waals surface area contributed by atoms with Crippen molar-refractivity contribution in [1.82, 2.24) is 14.9 Å². The molecule has 0 atom stereocenters. The molecule has 0 radical (unpaired) electrons. The van der Waals surface area contributed by atoms with Crippen molar-refractivity contribution in [2.45, 2.75) is 71.6 Å². The van der Waals surface area contributed by atoms with Crippen molar-refractivity contribution in [1.29, 1.82) is 0 Å². The van der Waals surface area contributed by atoms with Gasteiger partial charge >= 0.3 is 0 Å². The topological polar surface area (TPSA) is 49.3 Å². The van der Waals surface area contributed by atoms with Crippen molar-refractivity contribution in [2.75, 3.05) is 31.1 Å². The summed E-state index contributed by atoms with van der Waals surface area (Å²) >= 11 is 1.90. The summed E-state index contributed by atoms with van der Waals surface area (Å²) in [5.41, 5.74) is 3.56. The zero-order valence-electron chi connectivity index (χ0n) is 20.6. The Bertz CT molecular complexity index is 1150. The van der Waals surface area contributed by atoms with Crippen LogP contribution in [0.25, 0.3) is 10.2 Å². The quantitative estimate of drug-likeness (QED) is 0.420. The molecule has 0 spiro atoms. The van der Waals surface area contributed by atoms with E-state index in [-0.39, 0.29) is 5.91 Å². The second kappa shape index (κ2) is 10.4. The Morgan fingerprint density at radius 2 is 1.74 bits per heavy atom. The molecule has 1 aromatic carbocycles. The van der Waals surface area contributed by atoms with Gasteiger partial charge in [0.15, 0.2) is 0 Å². The van der Waals surface area contributed by atoms with Crippen molar-refractivity contribution in [3.8, 4) is 0 Å². The van der Waals surface area contributed by atoms with Gasteiger partial charge in [-0.25, -0.2) is 9.97 Å². The van der Waals surface area contributed by atoms with Crippen molar-refractivity contribution >= 4 is 33.3 Å². The molecule has 3 heterocycles. The maximum absolute atomic E-state index is 13.1. The lowest BCUT2D eigenvalue weighted by atomic mass is 10.1. The van der Waals surface area contributed by atoms with Crippen LogP contribution in [0.4, 0.5) is 5.82 Å². The first-order valence-electron chi connectivity index (χ1n) is 13.1. The first-order valence-corrected chi connectivity index (χ1v) is 13.9. The zero-order chi connectivity index (χ0) is 23.5. The van der Waals surface area contributed by atoms with E-state index in [1.54, 1.807) is 0 Å². The van der Waals surface area contributed by atoms with Gasteiger partial charge in [0.2, 0.25) is 0 Å². The Balaban J connectivity index is 1.40. The summed E-state index contributed by atoms with van der Waals surface area (Å²) in [5.74, 6) is 2.24. The van der Waals surface area contributed by atoms with Crippen LogP contribution < -0.4 is 4.90 Å². The second-order valence-electron chi connectivity index (χ2n) is 9.64. The summed E-state index contributed by atoms with van der Waals surface area (Å²) in [7, 11) is 0. The number of rotatable bonds is 6. The van der Waals surface area contributed by atoms with Gasteiger partial charge in [-0.15, -0.1) is 11.3 Å². The fraction of sp³-hybridized carbons (Fsp3) is 0.536. The van der Waals surface area contributed by atoms with E-state index in [1.165, 1.54) is 51.9 Å². The highest BCUT2D eigenvalue weighted by molar-refractivity contribution is 7.19. The van der Waals surface area contributed by atoms with E-state index in [1.807, 2.05) is 28.4 Å². The average Bonchev–Trinajstić information content (AvgIpc) is 3.07. The third-order valence-electron chi connectivity index (χ3n) is 7.32. The maximum Gasteiger partial charge on any atom is 0.253 e. The lowest BCUT2D eigenvalue weighted by molar-refractivity contribution is 0.0746. The van der Waals surface area contributed by atoms with Crippen LogP contribution in [0.2, 0.25) is 0 Å². The molecule has 0 bridgehead atoms. The van der Waals surface area contributed by atoms with Gasteiger partial charge in [-0.3, -0.25) is 4.79 Å². The lowest BCUT2D eigenvalue weighted by Crippen LogP contribution is -2.49. The van der Waals surface area contributed by atoms with Crippen LogP contribution in [0.5, 0.6) is 0 Å². The van der Waals surface area contributed by atoms with Gasteiger partial charge in [-0.2, -0.15) is 0 Å². The molecule has 2 aromatic heterocycles. The van der Waals surface area contributed by atoms with Crippen molar-refractivity contribution in [3.63, 3.8) is 0 Å². The number of aromatic nitrogens is 2. The van der Waals surface area contributed by atoms with E-state index in [2.05, 4.69) is 30.9 Å². The predicted octanol–water partition coefficient (Wildman–Crippen LogP) is 5.83. The van der Waals surface area contributed by atoms with Crippen LogP contribution in [0.3, 0.4) is 0 Å². The fourth-order valence-electron chi connectivity index (χ4n) is 5.22. The second-order valence-corrected chi connectivity index (χ2v) is 10.7. The maximum atomic E-state index is 13.1. The van der Waals surface area contributed by atoms with Gasteiger partial charge in [0, 0.05) is 43.0 Å². The standard InChI is InChI=1S/C28H36N4OS/c1-3-5-11-24-29-26(25-22-9-7-6-8-10-23(22)34-27(25)30-24)31-16-18-32(19-17-31)28(33)21-14-12-20(4-2)13-15-21/h12-15H,3-11,16-19H2,1-2H3. The van der Waals surface area contributed by atoms with Gasteiger partial charge in [-0.1, -0.05) is 38.8 Å². The first-order chi connectivity index (χ1) is 16.7. The minimum Gasteiger partial charge on any atom is -0.352 e. The number of unbranched alkanes of at least 4 members (excludes halogenated alkanes) is 1. The summed E-state index contributed by atoms with van der Waals surface area (Å²) in [6.45, 7) is 7.47. The highest BCUT2D eigenvalue weighted by Gasteiger charge is 2.27. The average molecular weight is 477 g/mol. The van der Waals surface area contributed by atoms with Crippen molar-refractivity contribution in [2.24, 2.45) is 0 Å². The molecule has 180 valence electrons. The molecule has 0 unspecified atom stereocenters. The first kappa shape index (κ1) is 23.3. The normalized spacial score (nSPS) is 16.5. The van der Waals surface area contributed by atoms with Gasteiger partial charge in [0.05, 0.1) is 5.39 Å². The summed E-state index contributed by atoms with van der Waals surface area (Å²) in [6.07, 6.45) is 10.4. The number of piperazine rings is 1. The Kier molecular flexibility index (Phi) is 7.14. The third kappa shape index (κ3) is 4.70. The van der Waals surface area contributed by atoms with E-state index >= 15 is 0 Å². The van der Waals surface area contributed by atoms with Gasteiger partial charge < -0.3 is 9.80 Å². The number of fused-ring (bicyclic) bond motifs is 3. The van der Waals surface area contributed by atoms with Gasteiger partial charge in [-0.05, 0) is 61.8 Å². The largest absolute Gasteiger partial charge is 0.352 e. The van der Waals surface area contributed by atoms with Crippen LogP contribution >= 0.6 is 11.3 Å². The molecule has 1 saturated heterocycles. The summed E-state index contributed by atoms with van der Waals surface area (Å²) in [5, 5.41) is 1.30. The van der Waals surface area contributed by atoms with Gasteiger partial charge in [0.25, 0.3) is 5.91 Å². The Morgan fingerprint density at radius 3 is 2.47 bits per heavy atom. The highest BCUT2D eigenvalue weighted by Crippen LogP contribution is 2.39. The van der Waals surface area contributed by atoms with Crippen LogP contribution in [-0.2, 0) is 25.7 Å². The molecule has 3 aromatic rings. The number of carbonyl (C=O) groups excluding carboxylic acids is 1. The van der Waals surface area contributed by atoms with Crippen molar-refractivity contribution < 1.29 is 4.79 Å². The molecule has 1 aliphatic carbocycles. The Labute approximate surface area is 207 Å². The molecule has 2 aliphatic rings. The molecule has 0 N–H and O–H groups in total. The highest BCUT2D eigenvalue weighted by atomic mass is 32.1. The Morgan fingerprint density at radius 1 is 0.971 bits per heavy atom. The summed E-state index contributed by atoms with van der Waals surface area (Å²) in [4.78, 5) is 30.4. The molecule has 1 amide bonds. The minimum absolute atomic E-state index is 0.142. The molecular formula is C28H36N4OS. The number of anilines is 1. The SMILES string of the molecule is CCCCc1nc(N2CCN(C(=O)c3ccc(CC)cc3)CC2)c2c3c(sc2n1)CCCCC3. The van der Waals surface area contributed by atoms with E-state index in [0.29, 0.717) is 0 Å². The van der Waals surface area contributed by atoms with E-state index in [0.717, 1.165) is 75.5 Å². The number of benzene rings is 1. The molecule has 6 heteroatoms. The number of aryl methyl sites for hydroxylation is 4. The van der Waals surface area contributed by atoms with E-state index in [4.69, 9.17) is 9.97 Å². The smallest absolute Gasteiger partial charge is 0.253 e. The monoisotopic (exact) mass is 476 g/mol. The lowest BCUT2D eigenvalue weighted by Gasteiger charge is -2.36. The molecule has 5 rings (SSSR count). The predicted molar refractivity (Wildman–Crippen MR) is 141 cm³/mol. The third-order valence-corrected chi connectivity index (χ3v) is 8.51. The number of amides is 1. The molecule has 1 fully saturated rings. The zero-order valence-corrected chi connectivity index (χ0v) is 21.4. The Hall–Kier alpha value is -2.47. The van der Waals surface area contributed by atoms with Gasteiger partial charge in [0.1, 0.15) is 16.5 Å². The molecular weight excluding hydrogens is 440 g/mol. The number of nitrogens with zero attached hydrogens (tertiary/aromatic N) is 4. The molecule has 0 saturated carbocycles. The van der Waals surface area contributed by atoms with Crippen LogP contribution in [0.1, 0.15) is 78.1 Å².